The number of aromatic nitrogens is 2. The summed E-state index contributed by atoms with van der Waals surface area (Å²) in [4.78, 5) is 22.0. The molecule has 1 unspecified atom stereocenters. The van der Waals surface area contributed by atoms with Gasteiger partial charge in [-0.3, -0.25) is 14.8 Å². The topological polar surface area (TPSA) is 58.5 Å². The first-order valence-electron chi connectivity index (χ1n) is 9.62. The minimum atomic E-state index is -0.306. The average Bonchev–Trinajstić information content (AvgIpc) is 3.25. The van der Waals surface area contributed by atoms with E-state index in [1.54, 1.807) is 36.7 Å². The van der Waals surface area contributed by atoms with Gasteiger partial charge in [-0.15, -0.1) is 0 Å². The van der Waals surface area contributed by atoms with Gasteiger partial charge in [-0.2, -0.15) is 5.10 Å². The highest BCUT2D eigenvalue weighted by Gasteiger charge is 2.33. The van der Waals surface area contributed by atoms with Crippen LogP contribution in [0.15, 0.2) is 90.3 Å². The smallest absolute Gasteiger partial charge is 0.267 e. The number of halogens is 1. The van der Waals surface area contributed by atoms with Gasteiger partial charge in [0.15, 0.2) is 0 Å². The summed E-state index contributed by atoms with van der Waals surface area (Å²) in [5.74, 6) is -0.490. The molecule has 5 nitrogen and oxygen atoms in total. The molecule has 1 aliphatic rings. The van der Waals surface area contributed by atoms with E-state index < -0.39 is 0 Å². The van der Waals surface area contributed by atoms with Gasteiger partial charge in [-0.25, -0.2) is 9.40 Å². The normalized spacial score (nSPS) is 16.0. The predicted octanol–water partition coefficient (Wildman–Crippen LogP) is 4.76. The zero-order valence-electron chi connectivity index (χ0n) is 15.9. The van der Waals surface area contributed by atoms with E-state index in [4.69, 9.17) is 0 Å². The first-order valence-corrected chi connectivity index (χ1v) is 9.62. The number of benzene rings is 3. The molecule has 0 N–H and O–H groups in total. The standard InChI is InChI=1S/C24H17FN4O/c25-19-9-6-16(7-10-19)21-15-23(18-8-11-20-22(14-18)27-13-12-26-20)29(28-21)24(30)17-4-2-1-3-5-17/h1-14,23H,15H2. The number of amides is 1. The summed E-state index contributed by atoms with van der Waals surface area (Å²) in [6.45, 7) is 0. The largest absolute Gasteiger partial charge is 0.274 e. The van der Waals surface area contributed by atoms with Crippen molar-refractivity contribution in [3.8, 4) is 0 Å². The van der Waals surface area contributed by atoms with Gasteiger partial charge in [0.25, 0.3) is 5.91 Å². The molecule has 1 atom stereocenters. The molecule has 1 aliphatic heterocycles. The maximum absolute atomic E-state index is 13.4. The zero-order chi connectivity index (χ0) is 20.5. The fourth-order valence-electron chi connectivity index (χ4n) is 3.67. The van der Waals surface area contributed by atoms with E-state index in [1.807, 2.05) is 36.4 Å². The van der Waals surface area contributed by atoms with E-state index in [1.165, 1.54) is 17.1 Å². The lowest BCUT2D eigenvalue weighted by Crippen LogP contribution is -2.27. The van der Waals surface area contributed by atoms with Crippen molar-refractivity contribution in [3.63, 3.8) is 0 Å². The second-order valence-corrected chi connectivity index (χ2v) is 7.09. The molecule has 0 saturated carbocycles. The Labute approximate surface area is 172 Å². The zero-order valence-corrected chi connectivity index (χ0v) is 15.9. The second-order valence-electron chi connectivity index (χ2n) is 7.09. The van der Waals surface area contributed by atoms with Crippen LogP contribution in [-0.2, 0) is 0 Å². The number of hydrogen-bond acceptors (Lipinski definition) is 4. The highest BCUT2D eigenvalue weighted by atomic mass is 19.1. The molecule has 1 aromatic heterocycles. The van der Waals surface area contributed by atoms with Crippen molar-refractivity contribution in [3.05, 3.63) is 108 Å². The van der Waals surface area contributed by atoms with E-state index in [0.29, 0.717) is 12.0 Å². The minimum Gasteiger partial charge on any atom is -0.267 e. The Kier molecular flexibility index (Phi) is 4.52. The highest BCUT2D eigenvalue weighted by molar-refractivity contribution is 6.05. The Balaban J connectivity index is 1.57. The molecule has 0 spiro atoms. The molecule has 0 fully saturated rings. The van der Waals surface area contributed by atoms with Crippen molar-refractivity contribution < 1.29 is 9.18 Å². The summed E-state index contributed by atoms with van der Waals surface area (Å²) in [6, 6.07) is 20.8. The first kappa shape index (κ1) is 18.1. The summed E-state index contributed by atoms with van der Waals surface area (Å²) in [5, 5.41) is 6.16. The van der Waals surface area contributed by atoms with Gasteiger partial charge in [0, 0.05) is 24.4 Å². The van der Waals surface area contributed by atoms with Crippen LogP contribution >= 0.6 is 0 Å². The van der Waals surface area contributed by atoms with Gasteiger partial charge < -0.3 is 0 Å². The van der Waals surface area contributed by atoms with Gasteiger partial charge >= 0.3 is 0 Å². The molecule has 4 aromatic rings. The minimum absolute atomic E-state index is 0.183. The van der Waals surface area contributed by atoms with Gasteiger partial charge in [0.1, 0.15) is 5.82 Å². The van der Waals surface area contributed by atoms with Crippen LogP contribution in [0.5, 0.6) is 0 Å². The summed E-state index contributed by atoms with van der Waals surface area (Å²) in [7, 11) is 0. The lowest BCUT2D eigenvalue weighted by atomic mass is 9.97. The van der Waals surface area contributed by atoms with Crippen LogP contribution in [0.2, 0.25) is 0 Å². The Morgan fingerprint density at radius 1 is 0.900 bits per heavy atom. The number of rotatable bonds is 3. The van der Waals surface area contributed by atoms with Crippen LogP contribution in [-0.4, -0.2) is 26.6 Å². The van der Waals surface area contributed by atoms with Crippen LogP contribution in [0.25, 0.3) is 11.0 Å². The Bertz CT molecular complexity index is 1260. The quantitative estimate of drug-likeness (QED) is 0.502. The average molecular weight is 396 g/mol. The molecule has 30 heavy (non-hydrogen) atoms. The van der Waals surface area contributed by atoms with Crippen LogP contribution < -0.4 is 0 Å². The van der Waals surface area contributed by atoms with Crippen molar-refractivity contribution >= 4 is 22.7 Å². The number of nitrogens with zero attached hydrogens (tertiary/aromatic N) is 4. The summed E-state index contributed by atoms with van der Waals surface area (Å²) in [6.07, 6.45) is 3.82. The van der Waals surface area contributed by atoms with Crippen molar-refractivity contribution in [2.75, 3.05) is 0 Å². The van der Waals surface area contributed by atoms with E-state index in [2.05, 4.69) is 15.1 Å². The molecular formula is C24H17FN4O. The number of carbonyl (C=O) groups excluding carboxylic acids is 1. The van der Waals surface area contributed by atoms with Gasteiger partial charge in [0.05, 0.1) is 22.8 Å². The third kappa shape index (κ3) is 3.33. The number of hydrogen-bond donors (Lipinski definition) is 0. The third-order valence-electron chi connectivity index (χ3n) is 5.19. The maximum Gasteiger partial charge on any atom is 0.274 e. The molecule has 5 rings (SSSR count). The molecule has 146 valence electrons. The SMILES string of the molecule is O=C(c1ccccc1)N1N=C(c2ccc(F)cc2)CC1c1ccc2nccnc2c1. The Morgan fingerprint density at radius 3 is 2.40 bits per heavy atom. The number of carbonyl (C=O) groups is 1. The van der Waals surface area contributed by atoms with E-state index in [-0.39, 0.29) is 17.8 Å². The van der Waals surface area contributed by atoms with E-state index >= 15 is 0 Å². The lowest BCUT2D eigenvalue weighted by molar-refractivity contribution is 0.0711. The lowest BCUT2D eigenvalue weighted by Gasteiger charge is -2.22. The molecule has 0 bridgehead atoms. The molecule has 2 heterocycles. The number of fused-ring (bicyclic) bond motifs is 1. The van der Waals surface area contributed by atoms with Crippen molar-refractivity contribution in [1.29, 1.82) is 0 Å². The molecule has 0 saturated heterocycles. The fraction of sp³-hybridized carbons (Fsp3) is 0.0833. The van der Waals surface area contributed by atoms with Crippen LogP contribution in [0.1, 0.15) is 33.9 Å². The summed E-state index contributed by atoms with van der Waals surface area (Å²) in [5.41, 5.74) is 4.58. The van der Waals surface area contributed by atoms with E-state index in [9.17, 15) is 9.18 Å². The van der Waals surface area contributed by atoms with Crippen molar-refractivity contribution in [1.82, 2.24) is 15.0 Å². The Hall–Kier alpha value is -3.93. The summed E-state index contributed by atoms with van der Waals surface area (Å²) >= 11 is 0. The molecule has 1 amide bonds. The summed E-state index contributed by atoms with van der Waals surface area (Å²) < 4.78 is 13.4. The van der Waals surface area contributed by atoms with Crippen LogP contribution in [0.3, 0.4) is 0 Å². The molecule has 6 heteroatoms. The molecular weight excluding hydrogens is 379 g/mol. The highest BCUT2D eigenvalue weighted by Crippen LogP contribution is 2.34. The predicted molar refractivity (Wildman–Crippen MR) is 112 cm³/mol. The first-order chi connectivity index (χ1) is 14.7. The third-order valence-corrected chi connectivity index (χ3v) is 5.19. The molecule has 3 aromatic carbocycles. The van der Waals surface area contributed by atoms with Crippen molar-refractivity contribution in [2.45, 2.75) is 12.5 Å². The van der Waals surface area contributed by atoms with Crippen LogP contribution in [0, 0.1) is 5.82 Å². The van der Waals surface area contributed by atoms with Gasteiger partial charge in [0.2, 0.25) is 0 Å². The van der Waals surface area contributed by atoms with Gasteiger partial charge in [-0.05, 0) is 47.5 Å². The van der Waals surface area contributed by atoms with Gasteiger partial charge in [-0.1, -0.05) is 36.4 Å². The molecule has 0 aliphatic carbocycles. The van der Waals surface area contributed by atoms with E-state index in [0.717, 1.165) is 27.9 Å². The monoisotopic (exact) mass is 396 g/mol. The Morgan fingerprint density at radius 2 is 1.63 bits per heavy atom. The second kappa shape index (κ2) is 7.48. The number of hydrazone groups is 1. The molecule has 0 radical (unpaired) electrons. The van der Waals surface area contributed by atoms with Crippen molar-refractivity contribution in [2.24, 2.45) is 5.10 Å². The fourth-order valence-corrected chi connectivity index (χ4v) is 3.67. The van der Waals surface area contributed by atoms with Crippen LogP contribution in [0.4, 0.5) is 4.39 Å². The maximum atomic E-state index is 13.4.